The zero-order chi connectivity index (χ0) is 14.5. The van der Waals surface area contributed by atoms with Crippen LogP contribution in [-0.2, 0) is 0 Å². The van der Waals surface area contributed by atoms with Gasteiger partial charge in [-0.3, -0.25) is 4.98 Å². The van der Waals surface area contributed by atoms with Gasteiger partial charge in [-0.2, -0.15) is 0 Å². The highest BCUT2D eigenvalue weighted by atomic mass is 15.1. The van der Waals surface area contributed by atoms with E-state index in [0.29, 0.717) is 0 Å². The number of benzene rings is 1. The van der Waals surface area contributed by atoms with E-state index < -0.39 is 0 Å². The molecule has 1 aliphatic heterocycles. The second kappa shape index (κ2) is 6.57. The van der Waals surface area contributed by atoms with Crippen LogP contribution in [-0.4, -0.2) is 18.1 Å². The first-order valence-electron chi connectivity index (χ1n) is 7.78. The number of anilines is 1. The molecular formula is C19H22N2. The van der Waals surface area contributed by atoms with Gasteiger partial charge in [0, 0.05) is 24.5 Å². The molecule has 1 saturated heterocycles. The molecule has 21 heavy (non-hydrogen) atoms. The number of aromatic nitrogens is 1. The van der Waals surface area contributed by atoms with Gasteiger partial charge in [0.1, 0.15) is 0 Å². The Morgan fingerprint density at radius 1 is 0.952 bits per heavy atom. The van der Waals surface area contributed by atoms with Crippen molar-refractivity contribution in [2.45, 2.75) is 26.2 Å². The summed E-state index contributed by atoms with van der Waals surface area (Å²) in [6.45, 7) is 4.42. The van der Waals surface area contributed by atoms with Crippen LogP contribution in [0.2, 0.25) is 0 Å². The van der Waals surface area contributed by atoms with Crippen LogP contribution < -0.4 is 4.90 Å². The second-order valence-corrected chi connectivity index (χ2v) is 5.68. The molecule has 108 valence electrons. The van der Waals surface area contributed by atoms with Gasteiger partial charge in [-0.05, 0) is 50.0 Å². The Morgan fingerprint density at radius 3 is 2.48 bits per heavy atom. The summed E-state index contributed by atoms with van der Waals surface area (Å²) in [5.74, 6) is 0. The van der Waals surface area contributed by atoms with Crippen LogP contribution in [0.15, 0.2) is 42.5 Å². The smallest absolute Gasteiger partial charge is 0.0653 e. The molecule has 0 bridgehead atoms. The van der Waals surface area contributed by atoms with Crippen molar-refractivity contribution in [1.29, 1.82) is 0 Å². The Morgan fingerprint density at radius 2 is 1.71 bits per heavy atom. The van der Waals surface area contributed by atoms with Crippen LogP contribution >= 0.6 is 0 Å². The molecule has 0 spiro atoms. The largest absolute Gasteiger partial charge is 0.371 e. The van der Waals surface area contributed by atoms with E-state index in [1.165, 1.54) is 43.6 Å². The first-order chi connectivity index (χ1) is 10.3. The fourth-order valence-corrected chi connectivity index (χ4v) is 2.84. The first kappa shape index (κ1) is 13.9. The summed E-state index contributed by atoms with van der Waals surface area (Å²) in [5, 5.41) is 0. The molecule has 0 radical (unpaired) electrons. The number of hydrogen-bond acceptors (Lipinski definition) is 2. The third-order valence-corrected chi connectivity index (χ3v) is 3.93. The summed E-state index contributed by atoms with van der Waals surface area (Å²) < 4.78 is 0. The third-order valence-electron chi connectivity index (χ3n) is 3.93. The lowest BCUT2D eigenvalue weighted by atomic mass is 10.1. The molecular weight excluding hydrogens is 256 g/mol. The van der Waals surface area contributed by atoms with E-state index in [9.17, 15) is 0 Å². The number of nitrogens with zero attached hydrogens (tertiary/aromatic N) is 2. The molecule has 0 aliphatic carbocycles. The molecule has 0 atom stereocenters. The van der Waals surface area contributed by atoms with Crippen LogP contribution in [0.5, 0.6) is 0 Å². The summed E-state index contributed by atoms with van der Waals surface area (Å²) in [7, 11) is 0. The van der Waals surface area contributed by atoms with Gasteiger partial charge in [0.2, 0.25) is 0 Å². The highest BCUT2D eigenvalue weighted by Crippen LogP contribution is 2.22. The predicted octanol–water partition coefficient (Wildman–Crippen LogP) is 4.55. The third kappa shape index (κ3) is 3.72. The lowest BCUT2D eigenvalue weighted by Crippen LogP contribution is -2.29. The Balaban J connectivity index is 1.82. The summed E-state index contributed by atoms with van der Waals surface area (Å²) in [4.78, 5) is 7.11. The highest BCUT2D eigenvalue weighted by Gasteiger charge is 2.11. The molecule has 0 saturated carbocycles. The van der Waals surface area contributed by atoms with E-state index in [1.54, 1.807) is 0 Å². The van der Waals surface area contributed by atoms with E-state index in [1.807, 2.05) is 6.07 Å². The molecule has 1 aromatic carbocycles. The maximum Gasteiger partial charge on any atom is 0.0653 e. The fourth-order valence-electron chi connectivity index (χ4n) is 2.84. The lowest BCUT2D eigenvalue weighted by Gasteiger charge is -2.29. The number of aryl methyl sites for hydroxylation is 1. The minimum absolute atomic E-state index is 1.04. The second-order valence-electron chi connectivity index (χ2n) is 5.68. The molecule has 1 fully saturated rings. The van der Waals surface area contributed by atoms with Gasteiger partial charge >= 0.3 is 0 Å². The van der Waals surface area contributed by atoms with Crippen molar-refractivity contribution in [3.8, 4) is 0 Å². The van der Waals surface area contributed by atoms with Crippen LogP contribution in [0, 0.1) is 6.92 Å². The topological polar surface area (TPSA) is 16.1 Å². The number of piperidine rings is 1. The van der Waals surface area contributed by atoms with Crippen molar-refractivity contribution in [2.75, 3.05) is 18.0 Å². The van der Waals surface area contributed by atoms with Gasteiger partial charge in [0.15, 0.2) is 0 Å². The minimum Gasteiger partial charge on any atom is -0.371 e. The van der Waals surface area contributed by atoms with E-state index in [4.69, 9.17) is 0 Å². The average molecular weight is 278 g/mol. The number of hydrogen-bond donors (Lipinski definition) is 0. The average Bonchev–Trinajstić information content (AvgIpc) is 2.54. The van der Waals surface area contributed by atoms with E-state index in [0.717, 1.165) is 11.4 Å². The van der Waals surface area contributed by atoms with Crippen molar-refractivity contribution in [1.82, 2.24) is 4.98 Å². The molecule has 2 heteroatoms. The van der Waals surface area contributed by atoms with Crippen molar-refractivity contribution < 1.29 is 0 Å². The molecule has 2 nitrogen and oxygen atoms in total. The van der Waals surface area contributed by atoms with Crippen molar-refractivity contribution in [2.24, 2.45) is 0 Å². The predicted molar refractivity (Wildman–Crippen MR) is 90.4 cm³/mol. The van der Waals surface area contributed by atoms with Crippen LogP contribution in [0.3, 0.4) is 0 Å². The monoisotopic (exact) mass is 278 g/mol. The van der Waals surface area contributed by atoms with Gasteiger partial charge in [0.25, 0.3) is 0 Å². The summed E-state index contributed by atoms with van der Waals surface area (Å²) in [6.07, 6.45) is 8.20. The molecule has 1 aromatic heterocycles. The molecule has 0 N–H and O–H groups in total. The lowest BCUT2D eigenvalue weighted by molar-refractivity contribution is 0.577. The van der Waals surface area contributed by atoms with Gasteiger partial charge in [-0.15, -0.1) is 0 Å². The van der Waals surface area contributed by atoms with Crippen molar-refractivity contribution in [3.05, 3.63) is 59.4 Å². The summed E-state index contributed by atoms with van der Waals surface area (Å²) in [6, 6.07) is 14.8. The maximum absolute atomic E-state index is 4.63. The molecule has 2 aromatic rings. The van der Waals surface area contributed by atoms with E-state index >= 15 is 0 Å². The van der Waals surface area contributed by atoms with Gasteiger partial charge in [0.05, 0.1) is 5.69 Å². The maximum atomic E-state index is 4.63. The first-order valence-corrected chi connectivity index (χ1v) is 7.78. The molecule has 1 aliphatic rings. The Hall–Kier alpha value is -2.09. The molecule has 0 amide bonds. The molecule has 0 unspecified atom stereocenters. The van der Waals surface area contributed by atoms with Crippen molar-refractivity contribution >= 4 is 17.8 Å². The highest BCUT2D eigenvalue weighted by molar-refractivity contribution is 5.69. The summed E-state index contributed by atoms with van der Waals surface area (Å²) in [5.41, 5.74) is 4.65. The molecule has 3 rings (SSSR count). The van der Waals surface area contributed by atoms with Gasteiger partial charge in [-0.25, -0.2) is 0 Å². The van der Waals surface area contributed by atoms with Gasteiger partial charge in [-0.1, -0.05) is 36.4 Å². The minimum atomic E-state index is 1.04. The Bertz CT molecular complexity index is 611. The molecule has 2 heterocycles. The zero-order valence-electron chi connectivity index (χ0n) is 12.6. The van der Waals surface area contributed by atoms with E-state index in [-0.39, 0.29) is 0 Å². The van der Waals surface area contributed by atoms with Crippen LogP contribution in [0.4, 0.5) is 5.69 Å². The van der Waals surface area contributed by atoms with Gasteiger partial charge < -0.3 is 4.90 Å². The summed E-state index contributed by atoms with van der Waals surface area (Å²) >= 11 is 0. The zero-order valence-corrected chi connectivity index (χ0v) is 12.6. The SMILES string of the molecule is Cc1cc(N2CCCCC2)cc(/C=C/c2ccccc2)n1. The fraction of sp³-hybridized carbons (Fsp3) is 0.316. The van der Waals surface area contributed by atoms with E-state index in [2.05, 4.69) is 65.4 Å². The van der Waals surface area contributed by atoms with Crippen LogP contribution in [0.25, 0.3) is 12.2 Å². The Kier molecular flexibility index (Phi) is 4.34. The number of rotatable bonds is 3. The normalized spacial score (nSPS) is 15.6. The standard InChI is InChI=1S/C19H22N2/c1-16-14-19(21-12-6-3-7-13-21)15-18(20-16)11-10-17-8-4-2-5-9-17/h2,4-5,8-11,14-15H,3,6-7,12-13H2,1H3/b11-10+. The Labute approximate surface area is 127 Å². The van der Waals surface area contributed by atoms with Crippen molar-refractivity contribution in [3.63, 3.8) is 0 Å². The number of pyridine rings is 1. The van der Waals surface area contributed by atoms with Crippen LogP contribution in [0.1, 0.15) is 36.2 Å². The quantitative estimate of drug-likeness (QED) is 0.818.